The molecule has 0 radical (unpaired) electrons. The second-order valence-electron chi connectivity index (χ2n) is 15.9. The lowest BCUT2D eigenvalue weighted by atomic mass is 10.1. The Bertz CT molecular complexity index is 3560. The number of aryl methyl sites for hydroxylation is 3. The van der Waals surface area contributed by atoms with Gasteiger partial charge in [-0.1, -0.05) is 41.9 Å². The first-order valence-corrected chi connectivity index (χ1v) is 26.2. The van der Waals surface area contributed by atoms with Crippen LogP contribution in [0.1, 0.15) is 58.1 Å². The van der Waals surface area contributed by atoms with Crippen molar-refractivity contribution in [1.82, 2.24) is 44.1 Å². The van der Waals surface area contributed by atoms with E-state index in [4.69, 9.17) is 26.2 Å². The van der Waals surface area contributed by atoms with E-state index >= 15 is 0 Å². The average molecular weight is 1320 g/mol. The molecule has 3 aromatic heterocycles. The van der Waals surface area contributed by atoms with Gasteiger partial charge in [-0.3, -0.25) is 15.3 Å². The van der Waals surface area contributed by atoms with Gasteiger partial charge in [-0.2, -0.15) is 73.9 Å². The van der Waals surface area contributed by atoms with Gasteiger partial charge in [-0.15, -0.1) is 0 Å². The summed E-state index contributed by atoms with van der Waals surface area (Å²) in [4.78, 5) is 63.8. The van der Waals surface area contributed by atoms with Crippen LogP contribution in [0.5, 0.6) is 17.8 Å². The van der Waals surface area contributed by atoms with Crippen LogP contribution in [0, 0.1) is 12.7 Å². The van der Waals surface area contributed by atoms with Crippen LogP contribution in [-0.2, 0) is 44.4 Å². The summed E-state index contributed by atoms with van der Waals surface area (Å²) < 4.78 is 210. The van der Waals surface area contributed by atoms with Crippen molar-refractivity contribution >= 4 is 83.5 Å². The van der Waals surface area contributed by atoms with E-state index in [1.807, 2.05) is 0 Å². The van der Waals surface area contributed by atoms with Crippen molar-refractivity contribution in [2.75, 3.05) is 17.7 Å². The zero-order chi connectivity index (χ0) is 62.5. The summed E-state index contributed by atoms with van der Waals surface area (Å²) in [5, 5.41) is 16.3. The number of aromatic nitrogens is 7. The molecule has 0 spiro atoms. The average Bonchev–Trinajstić information content (AvgIpc) is 3.08. The van der Waals surface area contributed by atoms with E-state index in [0.717, 1.165) is 37.4 Å². The number of rotatable bonds is 17. The van der Waals surface area contributed by atoms with E-state index in [-0.39, 0.29) is 45.2 Å². The standard InChI is InChI=1S/C15H12BrClF4N2O2.C15H16F3N5O4S.C14H10F4N4O7S/c1-6(2)25-14(24)7-4-8(10(18)5-9(7)17)12-11(16)13(15(19,20)21)23(3)22-12;1-9-19-12(22-14(20-9)27-2)21-13(24)23-28(25,26)11-6-4-3-5-10(11)7-8-15(16,17)18;15-11(16)28-8-5-9(29-12(17)18)20-13(19-8)21-14(25)22-30(26,27)7-4-2-1-3-6(7)10(23)24/h4-6H,1-3H3;3-6H,7-8H2,1-2H3,(H2,19,20,21,22,23,24);1-5,11-12H,(H,23,24)(H2,19,20,21,22,25). The molecule has 4 amide bonds. The number of hydrogen-bond donors (Lipinski definition) is 5. The van der Waals surface area contributed by atoms with Crippen molar-refractivity contribution in [2.24, 2.45) is 7.05 Å². The van der Waals surface area contributed by atoms with Gasteiger partial charge in [0.25, 0.3) is 20.0 Å². The monoisotopic (exact) mass is 1320 g/mol. The highest BCUT2D eigenvalue weighted by Gasteiger charge is 2.39. The van der Waals surface area contributed by atoms with Crippen molar-refractivity contribution in [3.63, 3.8) is 0 Å². The van der Waals surface area contributed by atoms with E-state index in [1.165, 1.54) is 49.1 Å². The number of halogens is 13. The van der Waals surface area contributed by atoms with Crippen molar-refractivity contribution in [3.8, 4) is 29.0 Å². The second kappa shape index (κ2) is 28.1. The third-order valence-electron chi connectivity index (χ3n) is 9.39. The molecule has 83 heavy (non-hydrogen) atoms. The topological polar surface area (TPSA) is 324 Å². The van der Waals surface area contributed by atoms with Gasteiger partial charge >= 0.3 is 55.6 Å². The summed E-state index contributed by atoms with van der Waals surface area (Å²) >= 11 is 8.67. The maximum absolute atomic E-state index is 14.3. The molecule has 0 aliphatic rings. The molecule has 0 aliphatic heterocycles. The number of benzene rings is 3. The molecular weight excluding hydrogens is 1280 g/mol. The van der Waals surface area contributed by atoms with E-state index in [9.17, 15) is 84.3 Å². The molecule has 39 heteroatoms. The predicted octanol–water partition coefficient (Wildman–Crippen LogP) is 9.31. The number of alkyl halides is 10. The number of nitrogens with one attached hydrogen (secondary N) is 4. The Kier molecular flexibility index (Phi) is 22.8. The molecule has 6 rings (SSSR count). The first kappa shape index (κ1) is 67.2. The number of nitrogens with zero attached hydrogens (tertiary/aromatic N) is 7. The number of carboxylic acids is 1. The molecule has 0 bridgehead atoms. The smallest absolute Gasteiger partial charge is 0.434 e. The van der Waals surface area contributed by atoms with Gasteiger partial charge in [0.05, 0.1) is 44.8 Å². The quantitative estimate of drug-likeness (QED) is 0.0419. The number of sulfonamides is 2. The Labute approximate surface area is 473 Å². The predicted molar refractivity (Wildman–Crippen MR) is 266 cm³/mol. The highest BCUT2D eigenvalue weighted by atomic mass is 79.9. The molecule has 3 heterocycles. The first-order valence-electron chi connectivity index (χ1n) is 22.1. The summed E-state index contributed by atoms with van der Waals surface area (Å²) in [5.41, 5.74) is -2.58. The van der Waals surface area contributed by atoms with Crippen LogP contribution in [0.3, 0.4) is 0 Å². The molecule has 0 saturated carbocycles. The van der Waals surface area contributed by atoms with Gasteiger partial charge in [-0.05, 0) is 79.0 Å². The minimum Gasteiger partial charge on any atom is -0.478 e. The van der Waals surface area contributed by atoms with E-state index in [0.29, 0.717) is 10.7 Å². The third kappa shape index (κ3) is 20.0. The molecular formula is C44H38BrClF11N11O13S2. The zero-order valence-electron chi connectivity index (χ0n) is 42.2. The van der Waals surface area contributed by atoms with Crippen LogP contribution in [0.25, 0.3) is 11.3 Å². The largest absolute Gasteiger partial charge is 0.478 e. The van der Waals surface area contributed by atoms with E-state index in [2.05, 4.69) is 60.7 Å². The van der Waals surface area contributed by atoms with Crippen LogP contribution in [0.4, 0.5) is 69.8 Å². The fraction of sp³-hybridized carbons (Fsp3) is 0.273. The van der Waals surface area contributed by atoms with Crippen molar-refractivity contribution in [3.05, 3.63) is 110 Å². The fourth-order valence-electron chi connectivity index (χ4n) is 6.24. The maximum Gasteiger partial charge on any atom is 0.434 e. The normalized spacial score (nSPS) is 11.6. The lowest BCUT2D eigenvalue weighted by molar-refractivity contribution is -0.144. The Morgan fingerprint density at radius 1 is 0.759 bits per heavy atom. The molecule has 24 nitrogen and oxygen atoms in total. The van der Waals surface area contributed by atoms with Crippen molar-refractivity contribution in [1.29, 1.82) is 0 Å². The molecule has 0 aliphatic carbocycles. The molecule has 3 aromatic carbocycles. The first-order chi connectivity index (χ1) is 38.4. The van der Waals surface area contributed by atoms with Gasteiger partial charge in [0.1, 0.15) is 22.2 Å². The molecule has 6 aromatic rings. The van der Waals surface area contributed by atoms with Crippen molar-refractivity contribution in [2.45, 2.75) is 75.1 Å². The number of urea groups is 2. The number of carbonyl (C=O) groups excluding carboxylic acids is 3. The van der Waals surface area contributed by atoms with Gasteiger partial charge in [-0.25, -0.2) is 49.8 Å². The molecule has 0 atom stereocenters. The minimum absolute atomic E-state index is 0.0715. The fourth-order valence-corrected chi connectivity index (χ4v) is 9.53. The zero-order valence-corrected chi connectivity index (χ0v) is 46.2. The lowest BCUT2D eigenvalue weighted by Gasteiger charge is -2.13. The number of methoxy groups -OCH3 is 1. The highest BCUT2D eigenvalue weighted by Crippen LogP contribution is 2.41. The van der Waals surface area contributed by atoms with Gasteiger partial charge in [0.2, 0.25) is 23.7 Å². The number of carbonyl (C=O) groups is 4. The minimum atomic E-state index is -4.71. The van der Waals surface area contributed by atoms with Gasteiger partial charge in [0, 0.05) is 19.0 Å². The Hall–Kier alpha value is -8.26. The van der Waals surface area contributed by atoms with Crippen molar-refractivity contribution < 1.29 is 108 Å². The number of carboxylic acid groups (broad SMARTS) is 1. The number of anilines is 2. The van der Waals surface area contributed by atoms with Crippen LogP contribution in [0.15, 0.2) is 81.0 Å². The van der Waals surface area contributed by atoms with Crippen LogP contribution < -0.4 is 34.3 Å². The summed E-state index contributed by atoms with van der Waals surface area (Å²) in [6, 6.07) is 8.90. The van der Waals surface area contributed by atoms with Crippen LogP contribution in [0.2, 0.25) is 5.02 Å². The van der Waals surface area contributed by atoms with E-state index < -0.39 is 138 Å². The second-order valence-corrected chi connectivity index (χ2v) is 20.4. The Balaban J connectivity index is 0.000000268. The maximum atomic E-state index is 14.3. The van der Waals surface area contributed by atoms with Crippen LogP contribution in [-0.4, -0.2) is 113 Å². The molecule has 0 fully saturated rings. The Morgan fingerprint density at radius 2 is 1.28 bits per heavy atom. The number of aromatic carboxylic acids is 1. The third-order valence-corrected chi connectivity index (χ3v) is 13.3. The van der Waals surface area contributed by atoms with Gasteiger partial charge in [0.15, 0.2) is 5.69 Å². The summed E-state index contributed by atoms with van der Waals surface area (Å²) in [6.45, 7) is -2.09. The molecule has 5 N–H and O–H groups in total. The SMILES string of the molecule is CC(C)OC(=O)c1cc(-c2nn(C)c(C(F)(F)F)c2Br)c(F)cc1Cl.COc1nc(C)nc(NC(=O)NS(=O)(=O)c2ccccc2CCC(F)(F)F)n1.O=C(Nc1nc(OC(F)F)cc(OC(F)F)n1)NS(=O)(=O)c1ccccc1C(=O)O. The van der Waals surface area contributed by atoms with Gasteiger partial charge < -0.3 is 24.1 Å². The van der Waals surface area contributed by atoms with E-state index in [1.54, 1.807) is 23.9 Å². The molecule has 450 valence electrons. The number of ether oxygens (including phenoxy) is 4. The van der Waals surface area contributed by atoms with Crippen LogP contribution >= 0.6 is 27.5 Å². The molecule has 0 saturated heterocycles. The number of hydrogen-bond acceptors (Lipinski definition) is 18. The number of esters is 1. The highest BCUT2D eigenvalue weighted by molar-refractivity contribution is 9.10. The summed E-state index contributed by atoms with van der Waals surface area (Å²) in [5.74, 6) is -6.24. The lowest BCUT2D eigenvalue weighted by Crippen LogP contribution is -2.35. The summed E-state index contributed by atoms with van der Waals surface area (Å²) in [7, 11) is -6.78. The molecule has 0 unspecified atom stereocenters. The Morgan fingerprint density at radius 3 is 1.77 bits per heavy atom. The number of amides is 4. The summed E-state index contributed by atoms with van der Waals surface area (Å²) in [6.07, 6.45) is -11.3.